The molecule has 0 spiro atoms. The molecular weight excluding hydrogens is 258 g/mol. The van der Waals surface area contributed by atoms with Crippen molar-refractivity contribution in [2.75, 3.05) is 0 Å². The summed E-state index contributed by atoms with van der Waals surface area (Å²) in [7, 11) is 0. The maximum absolute atomic E-state index is 4.61. The van der Waals surface area contributed by atoms with Gasteiger partial charge in [-0.15, -0.1) is 0 Å². The van der Waals surface area contributed by atoms with E-state index in [4.69, 9.17) is 0 Å². The van der Waals surface area contributed by atoms with Crippen molar-refractivity contribution in [2.24, 2.45) is 0 Å². The highest BCUT2D eigenvalue weighted by atomic mass is 32.1. The predicted octanol–water partition coefficient (Wildman–Crippen LogP) is 2.85. The molecule has 0 unspecified atom stereocenters. The van der Waals surface area contributed by atoms with Gasteiger partial charge in [-0.1, -0.05) is 20.8 Å². The lowest BCUT2D eigenvalue weighted by Gasteiger charge is -2.12. The minimum absolute atomic E-state index is 0.0424. The Labute approximate surface area is 115 Å². The third-order valence-corrected chi connectivity index (χ3v) is 3.65. The molecule has 0 saturated carbocycles. The normalized spacial score (nSPS) is 12.2. The summed E-state index contributed by atoms with van der Waals surface area (Å²) in [6.07, 6.45) is 5.51. The standard InChI is InChI=1S/C13H15N5S/c1-8-9-7-15-10(18(9)6-5-14-8)11-16-12(17-19-11)13(2,3)4/h5-7H,1-4H3. The number of rotatable bonds is 1. The van der Waals surface area contributed by atoms with Gasteiger partial charge in [-0.3, -0.25) is 9.38 Å². The lowest BCUT2D eigenvalue weighted by atomic mass is 9.96. The topological polar surface area (TPSA) is 56.0 Å². The Morgan fingerprint density at radius 1 is 1.21 bits per heavy atom. The summed E-state index contributed by atoms with van der Waals surface area (Å²) in [6.45, 7) is 8.30. The number of imidazole rings is 1. The molecule has 6 heteroatoms. The van der Waals surface area contributed by atoms with Crippen molar-refractivity contribution in [3.63, 3.8) is 0 Å². The van der Waals surface area contributed by atoms with Crippen molar-refractivity contribution in [1.29, 1.82) is 0 Å². The van der Waals surface area contributed by atoms with Crippen molar-refractivity contribution in [3.8, 4) is 10.8 Å². The number of hydrogen-bond donors (Lipinski definition) is 0. The summed E-state index contributed by atoms with van der Waals surface area (Å²) in [4.78, 5) is 13.3. The number of hydrogen-bond acceptors (Lipinski definition) is 5. The van der Waals surface area contributed by atoms with Crippen LogP contribution in [0.15, 0.2) is 18.6 Å². The third-order valence-electron chi connectivity index (χ3n) is 2.94. The van der Waals surface area contributed by atoms with Gasteiger partial charge in [-0.25, -0.2) is 9.97 Å². The minimum atomic E-state index is -0.0424. The second-order valence-corrected chi connectivity index (χ2v) is 6.27. The summed E-state index contributed by atoms with van der Waals surface area (Å²) >= 11 is 1.39. The van der Waals surface area contributed by atoms with Gasteiger partial charge >= 0.3 is 0 Å². The molecule has 3 aromatic heterocycles. The third kappa shape index (κ3) is 2.02. The Bertz CT molecular complexity index is 735. The van der Waals surface area contributed by atoms with E-state index < -0.39 is 0 Å². The Balaban J connectivity index is 2.15. The van der Waals surface area contributed by atoms with Crippen molar-refractivity contribution in [1.82, 2.24) is 23.7 Å². The smallest absolute Gasteiger partial charge is 0.179 e. The Kier molecular flexibility index (Phi) is 2.63. The van der Waals surface area contributed by atoms with Crippen molar-refractivity contribution >= 4 is 17.0 Å². The summed E-state index contributed by atoms with van der Waals surface area (Å²) in [6, 6.07) is 0. The van der Waals surface area contributed by atoms with E-state index in [2.05, 4.69) is 40.1 Å². The molecular formula is C13H15N5S. The van der Waals surface area contributed by atoms with Crippen molar-refractivity contribution < 1.29 is 0 Å². The van der Waals surface area contributed by atoms with Gasteiger partial charge in [0, 0.05) is 17.8 Å². The van der Waals surface area contributed by atoms with Crippen LogP contribution in [0.1, 0.15) is 32.3 Å². The van der Waals surface area contributed by atoms with Crippen LogP contribution in [0, 0.1) is 6.92 Å². The Morgan fingerprint density at radius 3 is 2.68 bits per heavy atom. The summed E-state index contributed by atoms with van der Waals surface area (Å²) in [5.41, 5.74) is 1.92. The van der Waals surface area contributed by atoms with E-state index in [0.717, 1.165) is 27.9 Å². The highest BCUT2D eigenvalue weighted by molar-refractivity contribution is 7.09. The maximum Gasteiger partial charge on any atom is 0.179 e. The first kappa shape index (κ1) is 12.2. The van der Waals surface area contributed by atoms with E-state index in [9.17, 15) is 0 Å². The molecule has 0 radical (unpaired) electrons. The average molecular weight is 273 g/mol. The molecule has 0 aliphatic rings. The SMILES string of the molecule is Cc1nccn2c(-c3nc(C(C)(C)C)ns3)ncc12. The Morgan fingerprint density at radius 2 is 2.00 bits per heavy atom. The van der Waals surface area contributed by atoms with Gasteiger partial charge in [-0.2, -0.15) is 4.37 Å². The fourth-order valence-electron chi connectivity index (χ4n) is 1.83. The van der Waals surface area contributed by atoms with E-state index >= 15 is 0 Å². The van der Waals surface area contributed by atoms with E-state index in [0.29, 0.717) is 0 Å². The van der Waals surface area contributed by atoms with Crippen molar-refractivity contribution in [3.05, 3.63) is 30.1 Å². The van der Waals surface area contributed by atoms with Gasteiger partial charge in [0.2, 0.25) is 0 Å². The zero-order valence-corrected chi connectivity index (χ0v) is 12.2. The van der Waals surface area contributed by atoms with Crippen LogP contribution >= 0.6 is 11.5 Å². The van der Waals surface area contributed by atoms with E-state index in [1.165, 1.54) is 11.5 Å². The fourth-order valence-corrected chi connectivity index (χ4v) is 2.68. The van der Waals surface area contributed by atoms with Crippen LogP contribution in [0.3, 0.4) is 0 Å². The summed E-state index contributed by atoms with van der Waals surface area (Å²) < 4.78 is 6.44. The summed E-state index contributed by atoms with van der Waals surface area (Å²) in [5, 5.41) is 0.843. The lowest BCUT2D eigenvalue weighted by molar-refractivity contribution is 0.555. The first-order chi connectivity index (χ1) is 8.97. The molecule has 3 aromatic rings. The highest BCUT2D eigenvalue weighted by Gasteiger charge is 2.21. The molecule has 98 valence electrons. The minimum Gasteiger partial charge on any atom is -0.294 e. The second-order valence-electron chi connectivity index (χ2n) is 5.52. The van der Waals surface area contributed by atoms with Gasteiger partial charge < -0.3 is 0 Å². The Hall–Kier alpha value is -1.82. The van der Waals surface area contributed by atoms with Gasteiger partial charge in [0.05, 0.1) is 17.4 Å². The molecule has 0 atom stereocenters. The average Bonchev–Trinajstić information content (AvgIpc) is 2.93. The second kappa shape index (κ2) is 4.09. The summed E-state index contributed by atoms with van der Waals surface area (Å²) in [5.74, 6) is 1.68. The van der Waals surface area contributed by atoms with Gasteiger partial charge in [0.15, 0.2) is 10.8 Å². The maximum atomic E-state index is 4.61. The predicted molar refractivity (Wildman–Crippen MR) is 75.3 cm³/mol. The first-order valence-electron chi connectivity index (χ1n) is 6.10. The largest absolute Gasteiger partial charge is 0.294 e. The molecule has 0 amide bonds. The molecule has 0 saturated heterocycles. The number of aromatic nitrogens is 5. The van der Waals surface area contributed by atoms with E-state index in [-0.39, 0.29) is 5.41 Å². The van der Waals surface area contributed by atoms with Gasteiger partial charge in [0.1, 0.15) is 5.82 Å². The van der Waals surface area contributed by atoms with E-state index in [1.54, 1.807) is 6.20 Å². The molecule has 0 aliphatic heterocycles. The van der Waals surface area contributed by atoms with Gasteiger partial charge in [0.25, 0.3) is 0 Å². The number of nitrogens with zero attached hydrogens (tertiary/aromatic N) is 5. The molecule has 0 N–H and O–H groups in total. The van der Waals surface area contributed by atoms with Gasteiger partial charge in [-0.05, 0) is 18.5 Å². The molecule has 0 aliphatic carbocycles. The van der Waals surface area contributed by atoms with E-state index in [1.807, 2.05) is 23.7 Å². The molecule has 0 bridgehead atoms. The quantitative estimate of drug-likeness (QED) is 0.684. The van der Waals surface area contributed by atoms with Crippen LogP contribution in [0.25, 0.3) is 16.3 Å². The first-order valence-corrected chi connectivity index (χ1v) is 6.87. The van der Waals surface area contributed by atoms with Crippen LogP contribution in [0.2, 0.25) is 0 Å². The number of aryl methyl sites for hydroxylation is 1. The van der Waals surface area contributed by atoms with Crippen LogP contribution in [0.4, 0.5) is 0 Å². The molecule has 19 heavy (non-hydrogen) atoms. The van der Waals surface area contributed by atoms with Crippen LogP contribution in [-0.4, -0.2) is 23.7 Å². The molecule has 5 nitrogen and oxygen atoms in total. The van der Waals surface area contributed by atoms with Crippen LogP contribution < -0.4 is 0 Å². The molecule has 3 rings (SSSR count). The van der Waals surface area contributed by atoms with Crippen LogP contribution in [0.5, 0.6) is 0 Å². The zero-order valence-electron chi connectivity index (χ0n) is 11.4. The monoisotopic (exact) mass is 273 g/mol. The fraction of sp³-hybridized carbons (Fsp3) is 0.385. The zero-order chi connectivity index (χ0) is 13.6. The molecule has 0 fully saturated rings. The molecule has 0 aromatic carbocycles. The van der Waals surface area contributed by atoms with Crippen molar-refractivity contribution in [2.45, 2.75) is 33.1 Å². The lowest BCUT2D eigenvalue weighted by Crippen LogP contribution is -2.13. The highest BCUT2D eigenvalue weighted by Crippen LogP contribution is 2.26. The molecule has 3 heterocycles. The van der Waals surface area contributed by atoms with Crippen LogP contribution in [-0.2, 0) is 5.41 Å². The number of fused-ring (bicyclic) bond motifs is 1.